The molecule has 3 aromatic heterocycles. The molecule has 1 N–H and O–H groups in total. The lowest BCUT2D eigenvalue weighted by Gasteiger charge is -2.19. The summed E-state index contributed by atoms with van der Waals surface area (Å²) < 4.78 is 27.3. The normalized spacial score (nSPS) is 12.3. The van der Waals surface area contributed by atoms with Crippen molar-refractivity contribution in [3.05, 3.63) is 78.8 Å². The molecule has 0 saturated carbocycles. The van der Waals surface area contributed by atoms with Gasteiger partial charge in [-0.3, -0.25) is 4.79 Å². The first-order chi connectivity index (χ1) is 18.1. The standard InChI is InChI=1S/C27H19N3O7/c31-24(28-17-6-8-20-23(14-17)36-12-11-35-20)15-37-27(32)16-5-7-18-19(13-16)30-26(22-4-2-10-34-22)25(29-18)21-3-1-9-33-21/h1-10,13-14H,11-12,15H2,(H,28,31). The van der Waals surface area contributed by atoms with E-state index < -0.39 is 18.5 Å². The van der Waals surface area contributed by atoms with Gasteiger partial charge in [-0.15, -0.1) is 0 Å². The minimum atomic E-state index is -0.671. The van der Waals surface area contributed by atoms with Crippen LogP contribution in [0.1, 0.15) is 10.4 Å². The van der Waals surface area contributed by atoms with E-state index in [9.17, 15) is 9.59 Å². The van der Waals surface area contributed by atoms with Gasteiger partial charge in [0.05, 0.1) is 29.1 Å². The van der Waals surface area contributed by atoms with Crippen LogP contribution < -0.4 is 14.8 Å². The molecule has 10 heteroatoms. The highest BCUT2D eigenvalue weighted by Crippen LogP contribution is 2.33. The molecule has 0 unspecified atom stereocenters. The SMILES string of the molecule is O=C(COC(=O)c1ccc2nc(-c3ccco3)c(-c3ccco3)nc2c1)Nc1ccc2c(c1)OCCO2. The van der Waals surface area contributed by atoms with E-state index in [4.69, 9.17) is 23.0 Å². The summed E-state index contributed by atoms with van der Waals surface area (Å²) in [5.41, 5.74) is 2.72. The van der Waals surface area contributed by atoms with Crippen molar-refractivity contribution >= 4 is 28.6 Å². The fraction of sp³-hybridized carbons (Fsp3) is 0.111. The Balaban J connectivity index is 1.18. The third kappa shape index (κ3) is 4.59. The number of furan rings is 2. The molecule has 184 valence electrons. The molecule has 1 aliphatic rings. The Morgan fingerprint density at radius 1 is 0.811 bits per heavy atom. The molecule has 0 radical (unpaired) electrons. The molecule has 0 saturated heterocycles. The van der Waals surface area contributed by atoms with Gasteiger partial charge >= 0.3 is 5.97 Å². The summed E-state index contributed by atoms with van der Waals surface area (Å²) in [5.74, 6) is 1.03. The second-order valence-corrected chi connectivity index (χ2v) is 8.06. The number of hydrogen-bond donors (Lipinski definition) is 1. The molecule has 0 spiro atoms. The highest BCUT2D eigenvalue weighted by atomic mass is 16.6. The van der Waals surface area contributed by atoms with Gasteiger partial charge in [0.15, 0.2) is 29.6 Å². The van der Waals surface area contributed by atoms with Crippen LogP contribution in [0.25, 0.3) is 33.9 Å². The van der Waals surface area contributed by atoms with Crippen LogP contribution in [0.15, 0.2) is 82.0 Å². The molecule has 1 aliphatic heterocycles. The van der Waals surface area contributed by atoms with Crippen LogP contribution in [0.5, 0.6) is 11.5 Å². The van der Waals surface area contributed by atoms with E-state index in [-0.39, 0.29) is 5.56 Å². The smallest absolute Gasteiger partial charge is 0.338 e. The van der Waals surface area contributed by atoms with E-state index in [1.807, 2.05) is 0 Å². The lowest BCUT2D eigenvalue weighted by molar-refractivity contribution is -0.119. The summed E-state index contributed by atoms with van der Waals surface area (Å²) in [6, 6.07) is 16.9. The predicted octanol–water partition coefficient (Wildman–Crippen LogP) is 4.72. The Bertz CT molecular complexity index is 1590. The first-order valence-electron chi connectivity index (χ1n) is 11.4. The van der Waals surface area contributed by atoms with Gasteiger partial charge in [-0.2, -0.15) is 0 Å². The maximum atomic E-state index is 12.7. The van der Waals surface area contributed by atoms with Gasteiger partial charge in [-0.25, -0.2) is 14.8 Å². The van der Waals surface area contributed by atoms with E-state index in [1.165, 1.54) is 6.26 Å². The number of anilines is 1. The second kappa shape index (κ2) is 9.50. The minimum absolute atomic E-state index is 0.227. The van der Waals surface area contributed by atoms with Crippen molar-refractivity contribution in [3.63, 3.8) is 0 Å². The van der Waals surface area contributed by atoms with Gasteiger partial charge in [-0.05, 0) is 54.6 Å². The number of carbonyl (C=O) groups excluding carboxylic acids is 2. The van der Waals surface area contributed by atoms with E-state index in [0.717, 1.165) is 0 Å². The van der Waals surface area contributed by atoms with Crippen molar-refractivity contribution in [1.82, 2.24) is 9.97 Å². The molecule has 6 rings (SSSR count). The van der Waals surface area contributed by atoms with E-state index in [1.54, 1.807) is 66.9 Å². The zero-order valence-corrected chi connectivity index (χ0v) is 19.3. The molecule has 0 aliphatic carbocycles. The number of aromatic nitrogens is 2. The van der Waals surface area contributed by atoms with Crippen molar-refractivity contribution in [1.29, 1.82) is 0 Å². The number of nitrogens with zero attached hydrogens (tertiary/aromatic N) is 2. The molecule has 10 nitrogen and oxygen atoms in total. The molecule has 0 atom stereocenters. The van der Waals surface area contributed by atoms with Crippen molar-refractivity contribution in [2.75, 3.05) is 25.1 Å². The molecule has 37 heavy (non-hydrogen) atoms. The van der Waals surface area contributed by atoms with Gasteiger partial charge in [-0.1, -0.05) is 0 Å². The lowest BCUT2D eigenvalue weighted by Crippen LogP contribution is -2.21. The molecule has 2 aromatic carbocycles. The van der Waals surface area contributed by atoms with Crippen LogP contribution in [0.4, 0.5) is 5.69 Å². The molecular weight excluding hydrogens is 478 g/mol. The Labute approximate surface area is 209 Å². The fourth-order valence-electron chi connectivity index (χ4n) is 3.88. The van der Waals surface area contributed by atoms with Crippen molar-refractivity contribution in [3.8, 4) is 34.4 Å². The molecule has 0 bridgehead atoms. The number of carbonyl (C=O) groups is 2. The first kappa shape index (κ1) is 22.4. The van der Waals surface area contributed by atoms with Crippen molar-refractivity contribution < 1.29 is 32.6 Å². The number of fused-ring (bicyclic) bond motifs is 2. The zero-order chi connectivity index (χ0) is 25.2. The van der Waals surface area contributed by atoms with E-state index >= 15 is 0 Å². The topological polar surface area (TPSA) is 126 Å². The number of nitrogens with one attached hydrogen (secondary N) is 1. The summed E-state index contributed by atoms with van der Waals surface area (Å²) in [5, 5.41) is 2.68. The van der Waals surface area contributed by atoms with E-state index in [2.05, 4.69) is 15.3 Å². The Kier molecular flexibility index (Phi) is 5.74. The van der Waals surface area contributed by atoms with Gasteiger partial charge < -0.3 is 28.4 Å². The minimum Gasteiger partial charge on any atom is -0.486 e. The Hall–Kier alpha value is -5.12. The third-order valence-electron chi connectivity index (χ3n) is 5.57. The number of hydrogen-bond acceptors (Lipinski definition) is 9. The maximum Gasteiger partial charge on any atom is 0.338 e. The van der Waals surface area contributed by atoms with E-state index in [0.29, 0.717) is 64.3 Å². The van der Waals surface area contributed by atoms with Crippen LogP contribution in [0.3, 0.4) is 0 Å². The van der Waals surface area contributed by atoms with Crippen LogP contribution in [-0.2, 0) is 9.53 Å². The van der Waals surface area contributed by atoms with Crippen molar-refractivity contribution in [2.45, 2.75) is 0 Å². The monoisotopic (exact) mass is 497 g/mol. The largest absolute Gasteiger partial charge is 0.486 e. The number of rotatable bonds is 6. The number of esters is 1. The predicted molar refractivity (Wildman–Crippen MR) is 131 cm³/mol. The highest BCUT2D eigenvalue weighted by molar-refractivity contribution is 5.97. The van der Waals surface area contributed by atoms with Gasteiger partial charge in [0, 0.05) is 11.8 Å². The molecule has 0 fully saturated rings. The average Bonchev–Trinajstić information content (AvgIpc) is 3.66. The van der Waals surface area contributed by atoms with Gasteiger partial charge in [0.2, 0.25) is 0 Å². The second-order valence-electron chi connectivity index (χ2n) is 8.06. The van der Waals surface area contributed by atoms with Crippen LogP contribution in [0.2, 0.25) is 0 Å². The first-order valence-corrected chi connectivity index (χ1v) is 11.4. The number of ether oxygens (including phenoxy) is 3. The fourth-order valence-corrected chi connectivity index (χ4v) is 3.88. The molecule has 5 aromatic rings. The highest BCUT2D eigenvalue weighted by Gasteiger charge is 2.19. The maximum absolute atomic E-state index is 12.7. The lowest BCUT2D eigenvalue weighted by atomic mass is 10.1. The molecule has 1 amide bonds. The zero-order valence-electron chi connectivity index (χ0n) is 19.3. The summed E-state index contributed by atoms with van der Waals surface area (Å²) in [7, 11) is 0. The average molecular weight is 497 g/mol. The van der Waals surface area contributed by atoms with Crippen molar-refractivity contribution in [2.24, 2.45) is 0 Å². The third-order valence-corrected chi connectivity index (χ3v) is 5.57. The van der Waals surface area contributed by atoms with Crippen LogP contribution in [-0.4, -0.2) is 41.7 Å². The number of benzene rings is 2. The Morgan fingerprint density at radius 3 is 2.22 bits per heavy atom. The van der Waals surface area contributed by atoms with Crippen LogP contribution in [0, 0.1) is 0 Å². The van der Waals surface area contributed by atoms with Crippen LogP contribution >= 0.6 is 0 Å². The summed E-state index contributed by atoms with van der Waals surface area (Å²) in [6.07, 6.45) is 3.09. The summed E-state index contributed by atoms with van der Waals surface area (Å²) in [4.78, 5) is 34.4. The van der Waals surface area contributed by atoms with Gasteiger partial charge in [0.25, 0.3) is 5.91 Å². The molecular formula is C27H19N3O7. The quantitative estimate of drug-likeness (QED) is 0.332. The molecule has 4 heterocycles. The summed E-state index contributed by atoms with van der Waals surface area (Å²) >= 11 is 0. The number of amides is 1. The van der Waals surface area contributed by atoms with Gasteiger partial charge in [0.1, 0.15) is 24.6 Å². The Morgan fingerprint density at radius 2 is 1.51 bits per heavy atom. The summed E-state index contributed by atoms with van der Waals surface area (Å²) in [6.45, 7) is 0.446.